The minimum atomic E-state index is -4.51. The topological polar surface area (TPSA) is 75.6 Å². The minimum absolute atomic E-state index is 0.130. The number of alkyl halides is 3. The number of amides is 1. The van der Waals surface area contributed by atoms with E-state index in [1.54, 1.807) is 5.32 Å². The monoisotopic (exact) mass is 291 g/mol. The predicted molar refractivity (Wildman–Crippen MR) is 61.7 cm³/mol. The van der Waals surface area contributed by atoms with Gasteiger partial charge in [0.15, 0.2) is 6.61 Å². The van der Waals surface area contributed by atoms with Crippen molar-refractivity contribution >= 4 is 11.9 Å². The molecular formula is C12H12F3NO4. The van der Waals surface area contributed by atoms with Gasteiger partial charge in [-0.15, -0.1) is 0 Å². The van der Waals surface area contributed by atoms with Crippen LogP contribution in [0.25, 0.3) is 0 Å². The molecule has 0 heterocycles. The fraction of sp³-hybridized carbons (Fsp3) is 0.333. The molecular weight excluding hydrogens is 279 g/mol. The Hall–Kier alpha value is -2.09. The second kappa shape index (κ2) is 6.90. The van der Waals surface area contributed by atoms with Gasteiger partial charge < -0.3 is 15.2 Å². The van der Waals surface area contributed by atoms with Gasteiger partial charge in [0, 0.05) is 0 Å². The molecule has 0 aliphatic rings. The van der Waals surface area contributed by atoms with Gasteiger partial charge in [-0.25, -0.2) is 4.79 Å². The lowest BCUT2D eigenvalue weighted by Gasteiger charge is -2.08. The van der Waals surface area contributed by atoms with Crippen LogP contribution in [0.5, 0.6) is 0 Å². The first-order valence-corrected chi connectivity index (χ1v) is 5.52. The van der Waals surface area contributed by atoms with Crippen molar-refractivity contribution in [2.45, 2.75) is 12.8 Å². The lowest BCUT2D eigenvalue weighted by Crippen LogP contribution is -2.36. The van der Waals surface area contributed by atoms with Gasteiger partial charge in [0.2, 0.25) is 0 Å². The summed E-state index contributed by atoms with van der Waals surface area (Å²) < 4.78 is 40.0. The van der Waals surface area contributed by atoms with Crippen LogP contribution in [0.4, 0.5) is 13.2 Å². The quantitative estimate of drug-likeness (QED) is 0.794. The van der Waals surface area contributed by atoms with Crippen molar-refractivity contribution in [2.24, 2.45) is 0 Å². The summed E-state index contributed by atoms with van der Waals surface area (Å²) in [4.78, 5) is 22.5. The molecule has 0 saturated carbocycles. The molecule has 2 N–H and O–H groups in total. The second-order valence-electron chi connectivity index (χ2n) is 3.82. The largest absolute Gasteiger partial charge is 0.452 e. The van der Waals surface area contributed by atoms with Crippen LogP contribution in [0.3, 0.4) is 0 Å². The normalized spacial score (nSPS) is 11.0. The lowest BCUT2D eigenvalue weighted by atomic mass is 10.1. The van der Waals surface area contributed by atoms with E-state index >= 15 is 0 Å². The summed E-state index contributed by atoms with van der Waals surface area (Å²) in [5.41, 5.74) is 0.718. The summed E-state index contributed by atoms with van der Waals surface area (Å²) in [5.74, 6) is -1.88. The number of aliphatic hydroxyl groups is 1. The zero-order chi connectivity index (χ0) is 15.2. The van der Waals surface area contributed by atoms with E-state index in [0.29, 0.717) is 5.56 Å². The molecule has 0 radical (unpaired) electrons. The number of carbonyl (C=O) groups is 2. The summed E-state index contributed by atoms with van der Waals surface area (Å²) in [6.07, 6.45) is -4.51. The Morgan fingerprint density at radius 2 is 1.80 bits per heavy atom. The lowest BCUT2D eigenvalue weighted by molar-refractivity contribution is -0.140. The Kier molecular flexibility index (Phi) is 5.51. The number of rotatable bonds is 5. The molecule has 1 rings (SSSR count). The molecule has 1 aromatic carbocycles. The standard InChI is InChI=1S/C12H12F3NO4/c13-12(14,15)7-16-10(18)6-20-11(19)9-3-1-8(5-17)2-4-9/h1-4,17H,5-7H2,(H,16,18). The molecule has 0 fully saturated rings. The molecule has 20 heavy (non-hydrogen) atoms. The van der Waals surface area contributed by atoms with E-state index in [4.69, 9.17) is 5.11 Å². The van der Waals surface area contributed by atoms with E-state index in [9.17, 15) is 22.8 Å². The van der Waals surface area contributed by atoms with E-state index in [0.717, 1.165) is 0 Å². The maximum Gasteiger partial charge on any atom is 0.405 e. The molecule has 0 saturated heterocycles. The third kappa shape index (κ3) is 5.70. The summed E-state index contributed by atoms with van der Waals surface area (Å²) in [7, 11) is 0. The number of halogens is 3. The maximum atomic E-state index is 11.8. The van der Waals surface area contributed by atoms with Crippen LogP contribution >= 0.6 is 0 Å². The summed E-state index contributed by atoms with van der Waals surface area (Å²) in [6.45, 7) is -2.46. The molecule has 8 heteroatoms. The fourth-order valence-corrected chi connectivity index (χ4v) is 1.21. The first-order chi connectivity index (χ1) is 9.31. The smallest absolute Gasteiger partial charge is 0.405 e. The van der Waals surface area contributed by atoms with Gasteiger partial charge in [0.05, 0.1) is 12.2 Å². The van der Waals surface area contributed by atoms with Crippen molar-refractivity contribution in [1.29, 1.82) is 0 Å². The van der Waals surface area contributed by atoms with Gasteiger partial charge in [-0.2, -0.15) is 13.2 Å². The first kappa shape index (κ1) is 16.0. The Balaban J connectivity index is 2.40. The van der Waals surface area contributed by atoms with E-state index in [1.807, 2.05) is 0 Å². The summed E-state index contributed by atoms with van der Waals surface area (Å²) in [6, 6.07) is 5.73. The Morgan fingerprint density at radius 3 is 2.30 bits per heavy atom. The van der Waals surface area contributed by atoms with Gasteiger partial charge in [-0.05, 0) is 17.7 Å². The highest BCUT2D eigenvalue weighted by Gasteiger charge is 2.27. The second-order valence-corrected chi connectivity index (χ2v) is 3.82. The average Bonchev–Trinajstić information content (AvgIpc) is 2.41. The van der Waals surface area contributed by atoms with Crippen LogP contribution in [-0.2, 0) is 16.1 Å². The molecule has 0 atom stereocenters. The van der Waals surface area contributed by atoms with Crippen molar-refractivity contribution in [2.75, 3.05) is 13.2 Å². The van der Waals surface area contributed by atoms with Gasteiger partial charge in [-0.3, -0.25) is 4.79 Å². The highest BCUT2D eigenvalue weighted by molar-refractivity contribution is 5.91. The molecule has 5 nitrogen and oxygen atoms in total. The van der Waals surface area contributed by atoms with Gasteiger partial charge in [-0.1, -0.05) is 12.1 Å². The van der Waals surface area contributed by atoms with Crippen LogP contribution in [0.1, 0.15) is 15.9 Å². The zero-order valence-electron chi connectivity index (χ0n) is 10.2. The number of esters is 1. The molecule has 0 aliphatic carbocycles. The number of ether oxygens (including phenoxy) is 1. The number of hydrogen-bond acceptors (Lipinski definition) is 4. The van der Waals surface area contributed by atoms with E-state index in [-0.39, 0.29) is 12.2 Å². The molecule has 0 aliphatic heterocycles. The van der Waals surface area contributed by atoms with Crippen molar-refractivity contribution in [1.82, 2.24) is 5.32 Å². The van der Waals surface area contributed by atoms with E-state index in [1.165, 1.54) is 24.3 Å². The molecule has 110 valence electrons. The molecule has 1 aromatic rings. The highest BCUT2D eigenvalue weighted by atomic mass is 19.4. The van der Waals surface area contributed by atoms with E-state index < -0.39 is 31.2 Å². The maximum absolute atomic E-state index is 11.8. The number of benzene rings is 1. The van der Waals surface area contributed by atoms with Crippen LogP contribution in [0, 0.1) is 0 Å². The number of aliphatic hydroxyl groups excluding tert-OH is 1. The van der Waals surface area contributed by atoms with Crippen molar-refractivity contribution < 1.29 is 32.6 Å². The molecule has 0 aromatic heterocycles. The van der Waals surface area contributed by atoms with Gasteiger partial charge >= 0.3 is 12.1 Å². The van der Waals surface area contributed by atoms with Crippen molar-refractivity contribution in [3.8, 4) is 0 Å². The van der Waals surface area contributed by atoms with Crippen LogP contribution in [-0.4, -0.2) is 36.3 Å². The van der Waals surface area contributed by atoms with Gasteiger partial charge in [0.1, 0.15) is 6.54 Å². The third-order valence-corrected chi connectivity index (χ3v) is 2.19. The summed E-state index contributed by atoms with van der Waals surface area (Å²) in [5, 5.41) is 10.4. The van der Waals surface area contributed by atoms with Crippen LogP contribution in [0.2, 0.25) is 0 Å². The molecule has 0 spiro atoms. The highest BCUT2D eigenvalue weighted by Crippen LogP contribution is 2.12. The van der Waals surface area contributed by atoms with Gasteiger partial charge in [0.25, 0.3) is 5.91 Å². The SMILES string of the molecule is O=C(COC(=O)c1ccc(CO)cc1)NCC(F)(F)F. The first-order valence-electron chi connectivity index (χ1n) is 5.52. The van der Waals surface area contributed by atoms with Crippen molar-refractivity contribution in [3.05, 3.63) is 35.4 Å². The molecule has 1 amide bonds. The van der Waals surface area contributed by atoms with Crippen LogP contribution in [0.15, 0.2) is 24.3 Å². The minimum Gasteiger partial charge on any atom is -0.452 e. The number of hydrogen-bond donors (Lipinski definition) is 2. The summed E-state index contributed by atoms with van der Waals surface area (Å²) >= 11 is 0. The van der Waals surface area contributed by atoms with Crippen molar-refractivity contribution in [3.63, 3.8) is 0 Å². The Labute approximate surface area is 112 Å². The fourth-order valence-electron chi connectivity index (χ4n) is 1.21. The number of carbonyl (C=O) groups excluding carboxylic acids is 2. The molecule has 0 bridgehead atoms. The predicted octanol–water partition coefficient (Wildman–Crippen LogP) is 1.01. The van der Waals surface area contributed by atoms with E-state index in [2.05, 4.69) is 4.74 Å². The Bertz CT molecular complexity index is 471. The molecule has 0 unspecified atom stereocenters. The number of nitrogens with one attached hydrogen (secondary N) is 1. The average molecular weight is 291 g/mol. The Morgan fingerprint density at radius 1 is 1.20 bits per heavy atom. The third-order valence-electron chi connectivity index (χ3n) is 2.19. The zero-order valence-corrected chi connectivity index (χ0v) is 10.2. The van der Waals surface area contributed by atoms with Crippen LogP contribution < -0.4 is 5.32 Å².